The van der Waals surface area contributed by atoms with Crippen molar-refractivity contribution >= 4 is 10.8 Å². The zero-order chi connectivity index (χ0) is 13.1. The maximum absolute atomic E-state index is 6.36. The van der Waals surface area contributed by atoms with Crippen LogP contribution in [0, 0.1) is 0 Å². The molecule has 0 radical (unpaired) electrons. The summed E-state index contributed by atoms with van der Waals surface area (Å²) in [5.41, 5.74) is 7.55. The van der Waals surface area contributed by atoms with E-state index in [4.69, 9.17) is 10.5 Å². The molecule has 0 saturated carbocycles. The summed E-state index contributed by atoms with van der Waals surface area (Å²) in [5.74, 6) is 0. The molecule has 2 heterocycles. The Morgan fingerprint density at radius 2 is 2.32 bits per heavy atom. The van der Waals surface area contributed by atoms with Crippen LogP contribution in [0.3, 0.4) is 0 Å². The van der Waals surface area contributed by atoms with E-state index in [-0.39, 0.29) is 6.04 Å². The van der Waals surface area contributed by atoms with Gasteiger partial charge in [-0.3, -0.25) is 4.98 Å². The predicted molar refractivity (Wildman–Crippen MR) is 76.9 cm³/mol. The van der Waals surface area contributed by atoms with Gasteiger partial charge >= 0.3 is 0 Å². The van der Waals surface area contributed by atoms with E-state index in [0.29, 0.717) is 6.10 Å². The Morgan fingerprint density at radius 1 is 1.37 bits per heavy atom. The molecule has 3 rings (SSSR count). The van der Waals surface area contributed by atoms with Crippen LogP contribution in [0.4, 0.5) is 0 Å². The molecule has 3 heteroatoms. The van der Waals surface area contributed by atoms with Gasteiger partial charge in [0, 0.05) is 30.4 Å². The summed E-state index contributed by atoms with van der Waals surface area (Å²) < 4.78 is 5.66. The van der Waals surface area contributed by atoms with Gasteiger partial charge in [-0.15, -0.1) is 0 Å². The molecule has 0 amide bonds. The molecule has 1 aliphatic heterocycles. The van der Waals surface area contributed by atoms with E-state index in [2.05, 4.69) is 23.2 Å². The van der Waals surface area contributed by atoms with Crippen LogP contribution in [0.1, 0.15) is 37.3 Å². The first kappa shape index (κ1) is 12.6. The molecule has 1 aliphatic rings. The number of hydrogen-bond acceptors (Lipinski definition) is 3. The molecule has 100 valence electrons. The largest absolute Gasteiger partial charge is 0.378 e. The van der Waals surface area contributed by atoms with Crippen LogP contribution in [0.15, 0.2) is 36.7 Å². The number of nitrogens with two attached hydrogens (primary N) is 1. The summed E-state index contributed by atoms with van der Waals surface area (Å²) in [5, 5.41) is 2.38. The molecule has 3 nitrogen and oxygen atoms in total. The molecule has 1 aromatic heterocycles. The van der Waals surface area contributed by atoms with Gasteiger partial charge in [-0.2, -0.15) is 0 Å². The van der Waals surface area contributed by atoms with Gasteiger partial charge in [-0.1, -0.05) is 18.2 Å². The van der Waals surface area contributed by atoms with Crippen LogP contribution < -0.4 is 5.73 Å². The van der Waals surface area contributed by atoms with Gasteiger partial charge in [0.2, 0.25) is 0 Å². The van der Waals surface area contributed by atoms with Gasteiger partial charge in [0.05, 0.1) is 6.10 Å². The highest BCUT2D eigenvalue weighted by molar-refractivity contribution is 5.85. The fourth-order valence-electron chi connectivity index (χ4n) is 2.85. The highest BCUT2D eigenvalue weighted by Crippen LogP contribution is 2.27. The first-order valence-electron chi connectivity index (χ1n) is 7.04. The van der Waals surface area contributed by atoms with E-state index in [1.54, 1.807) is 0 Å². The molecule has 1 fully saturated rings. The molecule has 2 aromatic rings. The third-order valence-corrected chi connectivity index (χ3v) is 3.94. The molecule has 19 heavy (non-hydrogen) atoms. The van der Waals surface area contributed by atoms with Crippen LogP contribution in [-0.4, -0.2) is 17.7 Å². The van der Waals surface area contributed by atoms with Crippen LogP contribution in [-0.2, 0) is 4.74 Å². The number of ether oxygens (including phenoxy) is 1. The Balaban J connectivity index is 1.75. The number of hydrogen-bond donors (Lipinski definition) is 1. The average molecular weight is 256 g/mol. The van der Waals surface area contributed by atoms with Gasteiger partial charge in [0.25, 0.3) is 0 Å². The zero-order valence-corrected chi connectivity index (χ0v) is 11.1. The zero-order valence-electron chi connectivity index (χ0n) is 11.1. The third kappa shape index (κ3) is 2.77. The molecule has 2 atom stereocenters. The highest BCUT2D eigenvalue weighted by atomic mass is 16.5. The molecule has 0 bridgehead atoms. The minimum Gasteiger partial charge on any atom is -0.378 e. The maximum atomic E-state index is 6.36. The lowest BCUT2D eigenvalue weighted by Gasteiger charge is -2.16. The first-order chi connectivity index (χ1) is 9.34. The summed E-state index contributed by atoms with van der Waals surface area (Å²) in [6.07, 6.45) is 8.55. The fraction of sp³-hybridized carbons (Fsp3) is 0.438. The van der Waals surface area contributed by atoms with Crippen molar-refractivity contribution < 1.29 is 4.74 Å². The summed E-state index contributed by atoms with van der Waals surface area (Å²) in [6.45, 7) is 0.915. The number of fused-ring (bicyclic) bond motifs is 1. The lowest BCUT2D eigenvalue weighted by Crippen LogP contribution is -2.14. The van der Waals surface area contributed by atoms with Gasteiger partial charge < -0.3 is 10.5 Å². The summed E-state index contributed by atoms with van der Waals surface area (Å²) in [6, 6.07) is 8.39. The molecule has 0 spiro atoms. The number of benzene rings is 1. The van der Waals surface area contributed by atoms with Crippen LogP contribution in [0.25, 0.3) is 10.8 Å². The van der Waals surface area contributed by atoms with Gasteiger partial charge in [-0.25, -0.2) is 0 Å². The van der Waals surface area contributed by atoms with Crippen molar-refractivity contribution in [3.8, 4) is 0 Å². The quantitative estimate of drug-likeness (QED) is 0.913. The predicted octanol–water partition coefficient (Wildman–Crippen LogP) is 3.19. The van der Waals surface area contributed by atoms with Crippen LogP contribution in [0.2, 0.25) is 0 Å². The molecule has 1 aromatic carbocycles. The number of nitrogens with zero attached hydrogens (tertiary/aromatic N) is 1. The summed E-state index contributed by atoms with van der Waals surface area (Å²) in [4.78, 5) is 4.21. The van der Waals surface area contributed by atoms with E-state index >= 15 is 0 Å². The molecular formula is C16H20N2O. The highest BCUT2D eigenvalue weighted by Gasteiger charge is 2.17. The van der Waals surface area contributed by atoms with Crippen LogP contribution in [0.5, 0.6) is 0 Å². The number of pyridine rings is 1. The van der Waals surface area contributed by atoms with Crippen molar-refractivity contribution in [1.29, 1.82) is 0 Å². The van der Waals surface area contributed by atoms with E-state index in [1.165, 1.54) is 29.2 Å². The molecule has 1 saturated heterocycles. The Hall–Kier alpha value is -1.45. The van der Waals surface area contributed by atoms with E-state index in [0.717, 1.165) is 19.4 Å². The van der Waals surface area contributed by atoms with Crippen LogP contribution >= 0.6 is 0 Å². The number of aromatic nitrogens is 1. The maximum Gasteiger partial charge on any atom is 0.0576 e. The van der Waals surface area contributed by atoms with E-state index < -0.39 is 0 Å². The van der Waals surface area contributed by atoms with Gasteiger partial charge in [-0.05, 0) is 42.7 Å². The van der Waals surface area contributed by atoms with Gasteiger partial charge in [0.1, 0.15) is 0 Å². The Bertz CT molecular complexity index is 544. The SMILES string of the molecule is NC(CCC1CCCO1)c1cccc2ccncc12. The first-order valence-corrected chi connectivity index (χ1v) is 7.04. The second-order valence-corrected chi connectivity index (χ2v) is 5.26. The third-order valence-electron chi connectivity index (χ3n) is 3.94. The van der Waals surface area contributed by atoms with E-state index in [1.807, 2.05) is 18.5 Å². The Labute approximate surface area is 113 Å². The van der Waals surface area contributed by atoms with Crippen molar-refractivity contribution in [1.82, 2.24) is 4.98 Å². The molecule has 2 N–H and O–H groups in total. The molecule has 2 unspecified atom stereocenters. The lowest BCUT2D eigenvalue weighted by molar-refractivity contribution is 0.101. The fourth-order valence-corrected chi connectivity index (χ4v) is 2.85. The topological polar surface area (TPSA) is 48.1 Å². The Kier molecular flexibility index (Phi) is 3.76. The minimum atomic E-state index is 0.0668. The second kappa shape index (κ2) is 5.68. The lowest BCUT2D eigenvalue weighted by atomic mass is 9.96. The van der Waals surface area contributed by atoms with Gasteiger partial charge in [0.15, 0.2) is 0 Å². The van der Waals surface area contributed by atoms with Crippen molar-refractivity contribution in [3.63, 3.8) is 0 Å². The standard InChI is InChI=1S/C16H20N2O/c17-16(7-6-13-4-2-10-19-13)14-5-1-3-12-8-9-18-11-15(12)14/h1,3,5,8-9,11,13,16H,2,4,6-7,10,17H2. The summed E-state index contributed by atoms with van der Waals surface area (Å²) >= 11 is 0. The van der Waals surface area contributed by atoms with E-state index in [9.17, 15) is 0 Å². The normalized spacial score (nSPS) is 20.8. The number of rotatable bonds is 4. The molecule has 0 aliphatic carbocycles. The minimum absolute atomic E-state index is 0.0668. The Morgan fingerprint density at radius 3 is 3.16 bits per heavy atom. The van der Waals surface area contributed by atoms with Crippen molar-refractivity contribution in [2.75, 3.05) is 6.61 Å². The monoisotopic (exact) mass is 256 g/mol. The van der Waals surface area contributed by atoms with Crippen molar-refractivity contribution in [2.24, 2.45) is 5.73 Å². The average Bonchev–Trinajstić information content (AvgIpc) is 2.97. The smallest absolute Gasteiger partial charge is 0.0576 e. The van der Waals surface area contributed by atoms with Crippen molar-refractivity contribution in [2.45, 2.75) is 37.8 Å². The molecular weight excluding hydrogens is 236 g/mol. The second-order valence-electron chi connectivity index (χ2n) is 5.26. The summed E-state index contributed by atoms with van der Waals surface area (Å²) in [7, 11) is 0. The van der Waals surface area contributed by atoms with Crippen molar-refractivity contribution in [3.05, 3.63) is 42.2 Å².